The number of likely N-dealkylation sites (N-methyl/N-ethyl adjacent to an activating group) is 1. The molecule has 1 fully saturated rings. The number of rotatable bonds is 6. The maximum Gasteiger partial charge on any atom is 0.240 e. The number of carbonyl (C=O) groups excluding carboxylic acids is 1. The maximum absolute atomic E-state index is 12.8. The molecular formula is C18H32N2O. The molecule has 2 rings (SSSR count). The van der Waals surface area contributed by atoms with Gasteiger partial charge in [-0.2, -0.15) is 0 Å². The van der Waals surface area contributed by atoms with E-state index >= 15 is 0 Å². The van der Waals surface area contributed by atoms with E-state index in [-0.39, 0.29) is 0 Å². The Labute approximate surface area is 130 Å². The van der Waals surface area contributed by atoms with Crippen LogP contribution in [0.15, 0.2) is 11.8 Å². The van der Waals surface area contributed by atoms with E-state index in [0.29, 0.717) is 24.5 Å². The van der Waals surface area contributed by atoms with Gasteiger partial charge in [-0.3, -0.25) is 9.69 Å². The largest absolute Gasteiger partial charge is 0.316 e. The van der Waals surface area contributed by atoms with Crippen molar-refractivity contribution in [1.82, 2.24) is 9.80 Å². The molecule has 1 amide bonds. The standard InChI is InChI=1S/C18H32N2O/c1-4-19(16-10-6-5-7-11-16)18(21)14-20(15(2)3)17-12-8-9-13-17/h10,15,17H,4-9,11-14H2,1-3H3. The number of carbonyl (C=O) groups is 1. The van der Waals surface area contributed by atoms with Crippen molar-refractivity contribution in [3.8, 4) is 0 Å². The van der Waals surface area contributed by atoms with Crippen molar-refractivity contribution in [2.24, 2.45) is 0 Å². The summed E-state index contributed by atoms with van der Waals surface area (Å²) in [6, 6.07) is 1.07. The lowest BCUT2D eigenvalue weighted by molar-refractivity contribution is -0.131. The predicted octanol–water partition coefficient (Wildman–Crippen LogP) is 3.95. The summed E-state index contributed by atoms with van der Waals surface area (Å²) >= 11 is 0. The fourth-order valence-corrected chi connectivity index (χ4v) is 3.82. The molecule has 0 radical (unpaired) electrons. The Kier molecular flexibility index (Phi) is 6.28. The van der Waals surface area contributed by atoms with Crippen LogP contribution in [0, 0.1) is 0 Å². The quantitative estimate of drug-likeness (QED) is 0.740. The molecule has 0 spiro atoms. The summed E-state index contributed by atoms with van der Waals surface area (Å²) in [5.74, 6) is 0.297. The average Bonchev–Trinajstić information content (AvgIpc) is 3.00. The molecule has 3 heteroatoms. The van der Waals surface area contributed by atoms with Crippen LogP contribution in [0.5, 0.6) is 0 Å². The van der Waals surface area contributed by atoms with Crippen LogP contribution in [0.4, 0.5) is 0 Å². The van der Waals surface area contributed by atoms with E-state index in [0.717, 1.165) is 19.4 Å². The van der Waals surface area contributed by atoms with Gasteiger partial charge in [-0.05, 0) is 59.3 Å². The molecule has 0 bridgehead atoms. The summed E-state index contributed by atoms with van der Waals surface area (Å²) in [6.45, 7) is 7.95. The second kappa shape index (κ2) is 7.98. The molecule has 0 N–H and O–H groups in total. The first-order valence-electron chi connectivity index (χ1n) is 8.88. The fraction of sp³-hybridized carbons (Fsp3) is 0.833. The second-order valence-corrected chi connectivity index (χ2v) is 6.78. The first-order chi connectivity index (χ1) is 10.1. The SMILES string of the molecule is CCN(C(=O)CN(C(C)C)C1CCCC1)C1=CCCCC1. The van der Waals surface area contributed by atoms with Crippen LogP contribution in [-0.2, 0) is 4.79 Å². The van der Waals surface area contributed by atoms with Gasteiger partial charge >= 0.3 is 0 Å². The minimum absolute atomic E-state index is 0.297. The van der Waals surface area contributed by atoms with Crippen molar-refractivity contribution in [3.05, 3.63) is 11.8 Å². The highest BCUT2D eigenvalue weighted by Gasteiger charge is 2.28. The van der Waals surface area contributed by atoms with Gasteiger partial charge in [-0.25, -0.2) is 0 Å². The summed E-state index contributed by atoms with van der Waals surface area (Å²) in [5.41, 5.74) is 1.27. The maximum atomic E-state index is 12.8. The molecule has 0 heterocycles. The molecule has 0 aromatic heterocycles. The van der Waals surface area contributed by atoms with Crippen molar-refractivity contribution in [2.45, 2.75) is 84.2 Å². The molecule has 3 nitrogen and oxygen atoms in total. The number of nitrogens with zero attached hydrogens (tertiary/aromatic N) is 2. The summed E-state index contributed by atoms with van der Waals surface area (Å²) in [7, 11) is 0. The highest BCUT2D eigenvalue weighted by atomic mass is 16.2. The lowest BCUT2D eigenvalue weighted by Gasteiger charge is -2.35. The molecule has 120 valence electrons. The smallest absolute Gasteiger partial charge is 0.240 e. The highest BCUT2D eigenvalue weighted by Crippen LogP contribution is 2.26. The van der Waals surface area contributed by atoms with Crippen LogP contribution in [-0.4, -0.2) is 40.9 Å². The molecular weight excluding hydrogens is 260 g/mol. The van der Waals surface area contributed by atoms with Gasteiger partial charge in [0.05, 0.1) is 6.54 Å². The fourth-order valence-electron chi connectivity index (χ4n) is 3.82. The van der Waals surface area contributed by atoms with Gasteiger partial charge < -0.3 is 4.90 Å². The van der Waals surface area contributed by atoms with E-state index in [4.69, 9.17) is 0 Å². The van der Waals surface area contributed by atoms with Crippen LogP contribution in [0.2, 0.25) is 0 Å². The van der Waals surface area contributed by atoms with Gasteiger partial charge in [0, 0.05) is 24.3 Å². The Balaban J connectivity index is 2.00. The van der Waals surface area contributed by atoms with Crippen molar-refractivity contribution in [2.75, 3.05) is 13.1 Å². The lowest BCUT2D eigenvalue weighted by Crippen LogP contribution is -2.46. The Morgan fingerprint density at radius 1 is 1.24 bits per heavy atom. The molecule has 2 aliphatic carbocycles. The van der Waals surface area contributed by atoms with Crippen LogP contribution < -0.4 is 0 Å². The van der Waals surface area contributed by atoms with Gasteiger partial charge in [0.2, 0.25) is 5.91 Å². The molecule has 2 aliphatic rings. The molecule has 1 saturated carbocycles. The monoisotopic (exact) mass is 292 g/mol. The normalized spacial score (nSPS) is 20.1. The van der Waals surface area contributed by atoms with Crippen LogP contribution in [0.3, 0.4) is 0 Å². The van der Waals surface area contributed by atoms with E-state index in [1.807, 2.05) is 4.90 Å². The minimum atomic E-state index is 0.297. The lowest BCUT2D eigenvalue weighted by atomic mass is 10.0. The third-order valence-electron chi connectivity index (χ3n) is 5.01. The van der Waals surface area contributed by atoms with Crippen LogP contribution >= 0.6 is 0 Å². The first kappa shape index (κ1) is 16.5. The molecule has 0 aliphatic heterocycles. The van der Waals surface area contributed by atoms with E-state index in [1.54, 1.807) is 0 Å². The number of amides is 1. The predicted molar refractivity (Wildman–Crippen MR) is 88.0 cm³/mol. The summed E-state index contributed by atoms with van der Waals surface area (Å²) in [5, 5.41) is 0. The number of allylic oxidation sites excluding steroid dienone is 2. The Morgan fingerprint density at radius 2 is 1.95 bits per heavy atom. The third kappa shape index (κ3) is 4.32. The topological polar surface area (TPSA) is 23.6 Å². The van der Waals surface area contributed by atoms with Gasteiger partial charge in [0.25, 0.3) is 0 Å². The van der Waals surface area contributed by atoms with Crippen LogP contribution in [0.1, 0.15) is 72.1 Å². The molecule has 0 saturated heterocycles. The summed E-state index contributed by atoms with van der Waals surface area (Å²) < 4.78 is 0. The highest BCUT2D eigenvalue weighted by molar-refractivity contribution is 5.80. The van der Waals surface area contributed by atoms with E-state index in [1.165, 1.54) is 44.2 Å². The molecule has 0 aromatic carbocycles. The van der Waals surface area contributed by atoms with E-state index in [2.05, 4.69) is 31.7 Å². The minimum Gasteiger partial charge on any atom is -0.316 e. The van der Waals surface area contributed by atoms with Gasteiger partial charge in [0.1, 0.15) is 0 Å². The number of hydrogen-bond donors (Lipinski definition) is 0. The molecule has 0 unspecified atom stereocenters. The first-order valence-corrected chi connectivity index (χ1v) is 8.88. The van der Waals surface area contributed by atoms with Crippen molar-refractivity contribution in [1.29, 1.82) is 0 Å². The zero-order chi connectivity index (χ0) is 15.2. The van der Waals surface area contributed by atoms with Crippen molar-refractivity contribution in [3.63, 3.8) is 0 Å². The van der Waals surface area contributed by atoms with Gasteiger partial charge in [0.15, 0.2) is 0 Å². The van der Waals surface area contributed by atoms with Gasteiger partial charge in [-0.1, -0.05) is 18.9 Å². The van der Waals surface area contributed by atoms with Crippen LogP contribution in [0.25, 0.3) is 0 Å². The number of hydrogen-bond acceptors (Lipinski definition) is 2. The van der Waals surface area contributed by atoms with Crippen molar-refractivity contribution < 1.29 is 4.79 Å². The molecule has 21 heavy (non-hydrogen) atoms. The zero-order valence-corrected chi connectivity index (χ0v) is 14.1. The molecule has 0 atom stereocenters. The summed E-state index contributed by atoms with van der Waals surface area (Å²) in [6.07, 6.45) is 12.2. The average molecular weight is 292 g/mol. The Hall–Kier alpha value is -0.830. The van der Waals surface area contributed by atoms with E-state index in [9.17, 15) is 4.79 Å². The van der Waals surface area contributed by atoms with Gasteiger partial charge in [-0.15, -0.1) is 0 Å². The third-order valence-corrected chi connectivity index (χ3v) is 5.01. The Morgan fingerprint density at radius 3 is 2.48 bits per heavy atom. The molecule has 0 aromatic rings. The second-order valence-electron chi connectivity index (χ2n) is 6.78. The zero-order valence-electron chi connectivity index (χ0n) is 14.1. The van der Waals surface area contributed by atoms with Crippen molar-refractivity contribution >= 4 is 5.91 Å². The Bertz CT molecular complexity index is 369. The summed E-state index contributed by atoms with van der Waals surface area (Å²) in [4.78, 5) is 17.3. The van der Waals surface area contributed by atoms with E-state index < -0.39 is 0 Å².